The maximum Gasteiger partial charge on any atom is 0.416 e. The van der Waals surface area contributed by atoms with Crippen LogP contribution in [0.1, 0.15) is 33.6 Å². The van der Waals surface area contributed by atoms with E-state index in [1.165, 1.54) is 11.0 Å². The van der Waals surface area contributed by atoms with Crippen LogP contribution in [0.25, 0.3) is 5.69 Å². The van der Waals surface area contributed by atoms with Gasteiger partial charge in [-0.05, 0) is 35.9 Å². The van der Waals surface area contributed by atoms with E-state index in [1.807, 2.05) is 60.7 Å². The summed E-state index contributed by atoms with van der Waals surface area (Å²) in [5.74, 6) is -0.910. The summed E-state index contributed by atoms with van der Waals surface area (Å²) in [5, 5.41) is 8.34. The van der Waals surface area contributed by atoms with Crippen LogP contribution in [0, 0.1) is 0 Å². The fraction of sp³-hybridized carbons (Fsp3) is 0.353. The van der Waals surface area contributed by atoms with Gasteiger partial charge in [-0.2, -0.15) is 13.2 Å². The number of amides is 2. The number of carbonyl (C=O) groups is 2. The normalized spacial score (nSPS) is 22.0. The Morgan fingerprint density at radius 2 is 1.68 bits per heavy atom. The van der Waals surface area contributed by atoms with E-state index >= 15 is 0 Å². The van der Waals surface area contributed by atoms with Crippen molar-refractivity contribution in [2.75, 3.05) is 32.8 Å². The molecule has 0 spiro atoms. The molecule has 1 aromatic heterocycles. The van der Waals surface area contributed by atoms with Gasteiger partial charge in [-0.15, -0.1) is 5.10 Å². The van der Waals surface area contributed by atoms with Gasteiger partial charge in [0.2, 0.25) is 5.91 Å². The first kappa shape index (κ1) is 30.9. The van der Waals surface area contributed by atoms with Crippen LogP contribution in [-0.2, 0) is 28.9 Å². The highest BCUT2D eigenvalue weighted by Gasteiger charge is 2.46. The Kier molecular flexibility index (Phi) is 8.41. The molecule has 4 heterocycles. The third-order valence-corrected chi connectivity index (χ3v) is 8.90. The SMILES string of the molecule is O=C1[C@@H]2C[C@@H](OCc3cn(-c4ccccc4)nn3)CN2C(=O)c2cc(C(F)(F)F)ccc2OC[C@@H]2CN(Cc3ccccc3)CCN12. The molecule has 0 N–H and O–H groups in total. The number of piperazine rings is 1. The van der Waals surface area contributed by atoms with Gasteiger partial charge in [0.05, 0.1) is 41.8 Å². The standard InChI is InChI=1S/C34H33F3N6O4/c35-34(36,37)24-11-12-31-29(15-24)32(44)42-20-28(46-21-25-18-43(39-38-25)26-9-5-2-6-10-26)16-30(42)33(45)41-14-13-40(19-27(41)22-47-31)17-23-7-3-1-4-8-23/h1-12,15,18,27-28,30H,13-14,16-17,19-22H2/t27-,28+,30-/m0/s1. The van der Waals surface area contributed by atoms with Crippen LogP contribution >= 0.6 is 0 Å². The van der Waals surface area contributed by atoms with Crippen LogP contribution in [0.15, 0.2) is 85.1 Å². The molecule has 0 aliphatic carbocycles. The molecule has 10 nitrogen and oxygen atoms in total. The number of hydrogen-bond donors (Lipinski definition) is 0. The molecule has 3 aliphatic rings. The second-order valence-electron chi connectivity index (χ2n) is 12.1. The Labute approximate surface area is 269 Å². The Morgan fingerprint density at radius 3 is 2.45 bits per heavy atom. The number of ether oxygens (including phenoxy) is 2. The number of benzene rings is 3. The van der Waals surface area contributed by atoms with Gasteiger partial charge in [0.25, 0.3) is 5.91 Å². The minimum Gasteiger partial charge on any atom is -0.491 e. The van der Waals surface area contributed by atoms with Gasteiger partial charge in [-0.25, -0.2) is 4.68 Å². The molecule has 4 aromatic rings. The predicted molar refractivity (Wildman–Crippen MR) is 164 cm³/mol. The third kappa shape index (κ3) is 6.58. The predicted octanol–water partition coefficient (Wildman–Crippen LogP) is 4.19. The highest BCUT2D eigenvalue weighted by Crippen LogP contribution is 2.36. The molecule has 0 saturated carbocycles. The summed E-state index contributed by atoms with van der Waals surface area (Å²) in [4.78, 5) is 33.5. The summed E-state index contributed by atoms with van der Waals surface area (Å²) in [5.41, 5.74) is 1.33. The number of alkyl halides is 3. The Hall–Kier alpha value is -4.75. The largest absolute Gasteiger partial charge is 0.491 e. The number of halogens is 3. The molecule has 3 aliphatic heterocycles. The Morgan fingerprint density at radius 1 is 0.915 bits per heavy atom. The fourth-order valence-electron chi connectivity index (χ4n) is 6.52. The summed E-state index contributed by atoms with van der Waals surface area (Å²) in [6.45, 7) is 2.38. The van der Waals surface area contributed by atoms with Gasteiger partial charge in [0, 0.05) is 39.1 Å². The van der Waals surface area contributed by atoms with Crippen LogP contribution in [0.5, 0.6) is 5.75 Å². The van der Waals surface area contributed by atoms with Crippen LogP contribution in [0.3, 0.4) is 0 Å². The van der Waals surface area contributed by atoms with E-state index in [4.69, 9.17) is 9.47 Å². The lowest BCUT2D eigenvalue weighted by Crippen LogP contribution is -2.61. The lowest BCUT2D eigenvalue weighted by Gasteiger charge is -2.43. The number of para-hydroxylation sites is 1. The molecule has 2 amide bonds. The van der Waals surface area contributed by atoms with Gasteiger partial charge in [0.15, 0.2) is 0 Å². The van der Waals surface area contributed by atoms with Crippen LogP contribution < -0.4 is 4.74 Å². The van der Waals surface area contributed by atoms with Crippen LogP contribution in [0.4, 0.5) is 13.2 Å². The Balaban J connectivity index is 1.14. The van der Waals surface area contributed by atoms with Gasteiger partial charge < -0.3 is 19.3 Å². The van der Waals surface area contributed by atoms with E-state index in [0.717, 1.165) is 23.4 Å². The zero-order valence-corrected chi connectivity index (χ0v) is 25.4. The highest BCUT2D eigenvalue weighted by atomic mass is 19.4. The number of carbonyl (C=O) groups excluding carboxylic acids is 2. The first-order chi connectivity index (χ1) is 22.7. The maximum absolute atomic E-state index is 14.2. The third-order valence-electron chi connectivity index (χ3n) is 8.90. The summed E-state index contributed by atoms with van der Waals surface area (Å²) >= 11 is 0. The van der Waals surface area contributed by atoms with E-state index < -0.39 is 29.8 Å². The molecule has 0 bridgehead atoms. The van der Waals surface area contributed by atoms with Crippen molar-refractivity contribution in [1.82, 2.24) is 29.7 Å². The van der Waals surface area contributed by atoms with Crippen molar-refractivity contribution in [2.45, 2.75) is 43.9 Å². The molecule has 244 valence electrons. The summed E-state index contributed by atoms with van der Waals surface area (Å²) in [7, 11) is 0. The van der Waals surface area contributed by atoms with Gasteiger partial charge in [-0.1, -0.05) is 53.7 Å². The highest BCUT2D eigenvalue weighted by molar-refractivity contribution is 6.00. The molecule has 13 heteroatoms. The molecular formula is C34H33F3N6O4. The lowest BCUT2D eigenvalue weighted by atomic mass is 10.0. The molecule has 0 unspecified atom stereocenters. The summed E-state index contributed by atoms with van der Waals surface area (Å²) in [6, 6.07) is 21.1. The molecule has 0 radical (unpaired) electrons. The van der Waals surface area contributed by atoms with Crippen molar-refractivity contribution in [2.24, 2.45) is 0 Å². The fourth-order valence-corrected chi connectivity index (χ4v) is 6.52. The zero-order chi connectivity index (χ0) is 32.5. The van der Waals surface area contributed by atoms with E-state index in [9.17, 15) is 22.8 Å². The van der Waals surface area contributed by atoms with Crippen molar-refractivity contribution < 1.29 is 32.2 Å². The average molecular weight is 647 g/mol. The van der Waals surface area contributed by atoms with Crippen LogP contribution in [-0.4, -0.2) is 92.5 Å². The smallest absolute Gasteiger partial charge is 0.416 e. The number of aromatic nitrogens is 3. The average Bonchev–Trinajstić information content (AvgIpc) is 3.74. The lowest BCUT2D eigenvalue weighted by molar-refractivity contribution is -0.142. The summed E-state index contributed by atoms with van der Waals surface area (Å²) in [6.07, 6.45) is -3.28. The second kappa shape index (κ2) is 12.8. The first-order valence-corrected chi connectivity index (χ1v) is 15.5. The quantitative estimate of drug-likeness (QED) is 0.310. The first-order valence-electron chi connectivity index (χ1n) is 15.5. The van der Waals surface area contributed by atoms with E-state index in [-0.39, 0.29) is 49.4 Å². The van der Waals surface area contributed by atoms with Crippen molar-refractivity contribution in [3.8, 4) is 11.4 Å². The van der Waals surface area contributed by atoms with E-state index in [0.29, 0.717) is 31.9 Å². The molecule has 47 heavy (non-hydrogen) atoms. The van der Waals surface area contributed by atoms with E-state index in [2.05, 4.69) is 15.2 Å². The second-order valence-corrected chi connectivity index (χ2v) is 12.1. The topological polar surface area (TPSA) is 93.0 Å². The van der Waals surface area contributed by atoms with Crippen molar-refractivity contribution in [3.05, 3.63) is 107 Å². The van der Waals surface area contributed by atoms with Crippen LogP contribution in [0.2, 0.25) is 0 Å². The number of rotatable bonds is 6. The van der Waals surface area contributed by atoms with Gasteiger partial charge >= 0.3 is 6.18 Å². The van der Waals surface area contributed by atoms with Crippen molar-refractivity contribution in [1.29, 1.82) is 0 Å². The van der Waals surface area contributed by atoms with E-state index in [1.54, 1.807) is 15.8 Å². The molecular weight excluding hydrogens is 613 g/mol. The minimum atomic E-state index is -4.66. The number of fused-ring (bicyclic) bond motifs is 3. The molecule has 2 fully saturated rings. The molecule has 3 atom stereocenters. The molecule has 3 aromatic carbocycles. The van der Waals surface area contributed by atoms with Gasteiger partial charge in [-0.3, -0.25) is 14.5 Å². The van der Waals surface area contributed by atoms with Crippen molar-refractivity contribution >= 4 is 11.8 Å². The molecule has 2 saturated heterocycles. The van der Waals surface area contributed by atoms with Crippen molar-refractivity contribution in [3.63, 3.8) is 0 Å². The Bertz CT molecular complexity index is 1730. The number of nitrogens with zero attached hydrogens (tertiary/aromatic N) is 6. The van der Waals surface area contributed by atoms with Gasteiger partial charge in [0.1, 0.15) is 24.1 Å². The monoisotopic (exact) mass is 646 g/mol. The maximum atomic E-state index is 14.2. The zero-order valence-electron chi connectivity index (χ0n) is 25.4. The minimum absolute atomic E-state index is 0.0242. The number of hydrogen-bond acceptors (Lipinski definition) is 7. The molecule has 7 rings (SSSR count). The summed E-state index contributed by atoms with van der Waals surface area (Å²) < 4.78 is 55.1.